The molecule has 0 saturated heterocycles. The van der Waals surface area contributed by atoms with Gasteiger partial charge in [-0.05, 0) is 43.8 Å². The largest absolute Gasteiger partial charge is 0.300 e. The molecule has 2 heterocycles. The Bertz CT molecular complexity index is 982. The average Bonchev–Trinajstić information content (AvgIpc) is 3.32. The molecule has 1 aliphatic heterocycles. The number of hydrogen-bond acceptors (Lipinski definition) is 5. The maximum Gasteiger partial charge on any atom is 0.300 e. The first-order valence-electron chi connectivity index (χ1n) is 8.66. The Kier molecular flexibility index (Phi) is 4.29. The molecule has 27 heavy (non-hydrogen) atoms. The monoisotopic (exact) mass is 361 g/mol. The summed E-state index contributed by atoms with van der Waals surface area (Å²) in [6, 6.07) is 15.2. The minimum Gasteiger partial charge on any atom is -0.291 e. The highest BCUT2D eigenvalue weighted by molar-refractivity contribution is 6.52. The van der Waals surface area contributed by atoms with Crippen molar-refractivity contribution < 1.29 is 9.59 Å². The van der Waals surface area contributed by atoms with Crippen LogP contribution in [0.25, 0.3) is 5.69 Å². The lowest BCUT2D eigenvalue weighted by molar-refractivity contribution is -0.114. The highest BCUT2D eigenvalue weighted by atomic mass is 16.2. The zero-order chi connectivity index (χ0) is 19.0. The molecule has 2 aromatic carbocycles. The van der Waals surface area contributed by atoms with Crippen molar-refractivity contribution in [3.63, 3.8) is 0 Å². The van der Waals surface area contributed by atoms with Crippen LogP contribution < -0.4 is 4.90 Å². The van der Waals surface area contributed by atoms with Crippen LogP contribution in [0.4, 0.5) is 5.69 Å². The SMILES string of the molecule is C[C@H](c1ccc(-n2cncn2)cc1)N(C)CN1C(=O)C(=O)c2ccccc21. The second-order valence-electron chi connectivity index (χ2n) is 6.59. The number of ketones is 1. The molecular weight excluding hydrogens is 342 g/mol. The summed E-state index contributed by atoms with van der Waals surface area (Å²) >= 11 is 0. The lowest BCUT2D eigenvalue weighted by atomic mass is 10.1. The summed E-state index contributed by atoms with van der Waals surface area (Å²) in [5.74, 6) is -0.916. The first-order valence-corrected chi connectivity index (χ1v) is 8.66. The first-order chi connectivity index (χ1) is 13.1. The number of fused-ring (bicyclic) bond motifs is 1. The van der Waals surface area contributed by atoms with Gasteiger partial charge in [0, 0.05) is 6.04 Å². The Balaban J connectivity index is 1.51. The van der Waals surface area contributed by atoms with Crippen LogP contribution in [0.5, 0.6) is 0 Å². The summed E-state index contributed by atoms with van der Waals surface area (Å²) in [5, 5.41) is 4.12. The number of carbonyl (C=O) groups excluding carboxylic acids is 2. The van der Waals surface area contributed by atoms with E-state index in [4.69, 9.17) is 0 Å². The van der Waals surface area contributed by atoms with Crippen molar-refractivity contribution in [3.05, 3.63) is 72.3 Å². The molecule has 3 aromatic rings. The van der Waals surface area contributed by atoms with Crippen LogP contribution in [0.2, 0.25) is 0 Å². The molecule has 1 atom stereocenters. The van der Waals surface area contributed by atoms with Crippen molar-refractivity contribution in [1.29, 1.82) is 0 Å². The number of Topliss-reactive ketones (excluding diaryl/α,β-unsaturated/α-hetero) is 1. The smallest absolute Gasteiger partial charge is 0.291 e. The fourth-order valence-corrected chi connectivity index (χ4v) is 3.24. The van der Waals surface area contributed by atoms with Crippen LogP contribution >= 0.6 is 0 Å². The van der Waals surface area contributed by atoms with E-state index >= 15 is 0 Å². The molecule has 0 saturated carbocycles. The molecule has 7 nitrogen and oxygen atoms in total. The van der Waals surface area contributed by atoms with Crippen LogP contribution in [0.15, 0.2) is 61.2 Å². The van der Waals surface area contributed by atoms with Crippen molar-refractivity contribution in [2.75, 3.05) is 18.6 Å². The molecule has 0 spiro atoms. The van der Waals surface area contributed by atoms with E-state index in [-0.39, 0.29) is 6.04 Å². The van der Waals surface area contributed by atoms with E-state index in [1.165, 1.54) is 11.2 Å². The highest BCUT2D eigenvalue weighted by Crippen LogP contribution is 2.30. The lowest BCUT2D eigenvalue weighted by Crippen LogP contribution is -2.40. The quantitative estimate of drug-likeness (QED) is 0.653. The molecule has 0 bridgehead atoms. The summed E-state index contributed by atoms with van der Waals surface area (Å²) in [5.41, 5.74) is 3.18. The maximum absolute atomic E-state index is 12.4. The van der Waals surface area contributed by atoms with Crippen LogP contribution in [-0.2, 0) is 4.79 Å². The zero-order valence-corrected chi connectivity index (χ0v) is 15.1. The second-order valence-corrected chi connectivity index (χ2v) is 6.59. The number of benzene rings is 2. The number of hydrogen-bond donors (Lipinski definition) is 0. The third-order valence-corrected chi connectivity index (χ3v) is 4.96. The van der Waals surface area contributed by atoms with Gasteiger partial charge in [-0.1, -0.05) is 24.3 Å². The number of rotatable bonds is 5. The van der Waals surface area contributed by atoms with E-state index in [9.17, 15) is 9.59 Å². The molecule has 1 amide bonds. The van der Waals surface area contributed by atoms with E-state index in [2.05, 4.69) is 17.0 Å². The summed E-state index contributed by atoms with van der Waals surface area (Å²) in [6.45, 7) is 2.41. The van der Waals surface area contributed by atoms with Crippen molar-refractivity contribution in [2.24, 2.45) is 0 Å². The minimum absolute atomic E-state index is 0.0606. The number of para-hydroxylation sites is 1. The summed E-state index contributed by atoms with van der Waals surface area (Å²) < 4.78 is 1.70. The van der Waals surface area contributed by atoms with Crippen molar-refractivity contribution in [2.45, 2.75) is 13.0 Å². The van der Waals surface area contributed by atoms with E-state index in [1.54, 1.807) is 23.1 Å². The predicted octanol–water partition coefficient (Wildman–Crippen LogP) is 2.45. The topological polar surface area (TPSA) is 71.3 Å². The van der Waals surface area contributed by atoms with Gasteiger partial charge in [-0.25, -0.2) is 9.67 Å². The van der Waals surface area contributed by atoms with Crippen LogP contribution in [0.3, 0.4) is 0 Å². The summed E-state index contributed by atoms with van der Waals surface area (Å²) in [6.07, 6.45) is 3.15. The Hall–Kier alpha value is -3.32. The highest BCUT2D eigenvalue weighted by Gasteiger charge is 2.36. The Morgan fingerprint density at radius 3 is 2.52 bits per heavy atom. The Morgan fingerprint density at radius 1 is 1.07 bits per heavy atom. The number of amides is 1. The molecule has 0 aliphatic carbocycles. The third kappa shape index (κ3) is 3.02. The molecular formula is C20H19N5O2. The zero-order valence-electron chi connectivity index (χ0n) is 15.1. The van der Waals surface area contributed by atoms with Gasteiger partial charge in [0.25, 0.3) is 5.78 Å². The second kappa shape index (κ2) is 6.77. The van der Waals surface area contributed by atoms with E-state index in [0.717, 1.165) is 11.3 Å². The molecule has 1 aliphatic rings. The molecule has 7 heteroatoms. The molecule has 1 aromatic heterocycles. The fraction of sp³-hybridized carbons (Fsp3) is 0.200. The maximum atomic E-state index is 12.4. The van der Waals surface area contributed by atoms with Gasteiger partial charge >= 0.3 is 5.91 Å². The first kappa shape index (κ1) is 17.1. The van der Waals surface area contributed by atoms with Gasteiger partial charge < -0.3 is 0 Å². The van der Waals surface area contributed by atoms with Crippen LogP contribution in [0, 0.1) is 0 Å². The predicted molar refractivity (Wildman–Crippen MR) is 101 cm³/mol. The fourth-order valence-electron chi connectivity index (χ4n) is 3.24. The van der Waals surface area contributed by atoms with Crippen LogP contribution in [-0.4, -0.2) is 45.1 Å². The van der Waals surface area contributed by atoms with Gasteiger partial charge in [0.2, 0.25) is 0 Å². The molecule has 136 valence electrons. The van der Waals surface area contributed by atoms with Gasteiger partial charge in [0.15, 0.2) is 0 Å². The van der Waals surface area contributed by atoms with Crippen molar-refractivity contribution in [1.82, 2.24) is 19.7 Å². The number of carbonyl (C=O) groups is 2. The minimum atomic E-state index is -0.475. The van der Waals surface area contributed by atoms with E-state index in [1.807, 2.05) is 48.3 Å². The number of anilines is 1. The summed E-state index contributed by atoms with van der Waals surface area (Å²) in [4.78, 5) is 32.1. The number of aromatic nitrogens is 3. The Morgan fingerprint density at radius 2 is 1.81 bits per heavy atom. The standard InChI is InChI=1S/C20H19N5O2/c1-14(15-7-9-16(10-8-15)25-12-21-11-22-25)23(2)13-24-18-6-4-3-5-17(18)19(26)20(24)27/h3-12,14H,13H2,1-2H3/t14-/m1/s1. The van der Waals surface area contributed by atoms with Crippen molar-refractivity contribution >= 4 is 17.4 Å². The molecule has 0 fully saturated rings. The van der Waals surface area contributed by atoms with E-state index in [0.29, 0.717) is 17.9 Å². The summed E-state index contributed by atoms with van der Waals surface area (Å²) in [7, 11) is 1.94. The van der Waals surface area contributed by atoms with Gasteiger partial charge in [-0.3, -0.25) is 19.4 Å². The number of nitrogens with zero attached hydrogens (tertiary/aromatic N) is 5. The Labute approximate surface area is 156 Å². The molecule has 0 unspecified atom stereocenters. The normalized spacial score (nSPS) is 14.7. The van der Waals surface area contributed by atoms with Gasteiger partial charge in [0.1, 0.15) is 12.7 Å². The third-order valence-electron chi connectivity index (χ3n) is 4.96. The van der Waals surface area contributed by atoms with Crippen LogP contribution in [0.1, 0.15) is 28.9 Å². The molecule has 0 radical (unpaired) electrons. The average molecular weight is 361 g/mol. The molecule has 4 rings (SSSR count). The lowest BCUT2D eigenvalue weighted by Gasteiger charge is -2.29. The van der Waals surface area contributed by atoms with Gasteiger partial charge in [-0.15, -0.1) is 0 Å². The van der Waals surface area contributed by atoms with E-state index < -0.39 is 11.7 Å². The van der Waals surface area contributed by atoms with Crippen molar-refractivity contribution in [3.8, 4) is 5.69 Å². The van der Waals surface area contributed by atoms with Gasteiger partial charge in [-0.2, -0.15) is 5.10 Å². The van der Waals surface area contributed by atoms with Gasteiger partial charge in [0.05, 0.1) is 23.6 Å². The molecule has 0 N–H and O–H groups in total.